The van der Waals surface area contributed by atoms with Crippen molar-refractivity contribution in [3.05, 3.63) is 52.9 Å². The average molecular weight is 350 g/mol. The van der Waals surface area contributed by atoms with Crippen LogP contribution in [0, 0.1) is 5.82 Å². The van der Waals surface area contributed by atoms with Gasteiger partial charge in [-0.1, -0.05) is 22.8 Å². The van der Waals surface area contributed by atoms with Crippen LogP contribution in [-0.4, -0.2) is 25.8 Å². The summed E-state index contributed by atoms with van der Waals surface area (Å²) in [6.45, 7) is 0.0398. The molecule has 3 aromatic rings. The van der Waals surface area contributed by atoms with Gasteiger partial charge in [-0.05, 0) is 12.1 Å². The summed E-state index contributed by atoms with van der Waals surface area (Å²) in [6, 6.07) is 4.27. The molecule has 0 spiro atoms. The maximum atomic E-state index is 13.7. The monoisotopic (exact) mass is 349 g/mol. The predicted molar refractivity (Wildman–Crippen MR) is 83.5 cm³/mol. The van der Waals surface area contributed by atoms with Gasteiger partial charge in [-0.15, -0.1) is 0 Å². The molecular weight excluding hydrogens is 337 g/mol. The van der Waals surface area contributed by atoms with Crippen LogP contribution in [0.4, 0.5) is 4.39 Å². The third kappa shape index (κ3) is 3.60. The van der Waals surface area contributed by atoms with Crippen LogP contribution in [0.15, 0.2) is 35.1 Å². The summed E-state index contributed by atoms with van der Waals surface area (Å²) in [5, 5.41) is 10.6. The van der Waals surface area contributed by atoms with Crippen LogP contribution in [0.5, 0.6) is 0 Å². The molecule has 1 N–H and O–H groups in total. The maximum Gasteiger partial charge on any atom is 0.246 e. The summed E-state index contributed by atoms with van der Waals surface area (Å²) in [5.41, 5.74) is 0.857. The van der Waals surface area contributed by atoms with Gasteiger partial charge in [0.05, 0.1) is 24.7 Å². The summed E-state index contributed by atoms with van der Waals surface area (Å²) >= 11 is 5.90. The van der Waals surface area contributed by atoms with Crippen LogP contribution < -0.4 is 5.32 Å². The number of hydrogen-bond acceptors (Lipinski definition) is 5. The molecule has 0 radical (unpaired) electrons. The number of rotatable bonds is 5. The fourth-order valence-corrected chi connectivity index (χ4v) is 2.31. The molecule has 0 aliphatic heterocycles. The highest BCUT2D eigenvalue weighted by Crippen LogP contribution is 2.19. The number of nitrogens with one attached hydrogen (secondary N) is 1. The summed E-state index contributed by atoms with van der Waals surface area (Å²) in [7, 11) is 1.78. The SMILES string of the molecule is Cn1cc(-c2noc(CNC(=O)Cc3c(F)cccc3Cl)n2)cn1. The molecule has 2 aromatic heterocycles. The molecule has 0 saturated heterocycles. The van der Waals surface area contributed by atoms with Gasteiger partial charge in [-0.2, -0.15) is 10.1 Å². The standard InChI is InChI=1S/C15H13ClFN5O2/c1-22-8-9(6-19-22)15-20-14(24-21-15)7-18-13(23)5-10-11(16)3-2-4-12(10)17/h2-4,6,8H,5,7H2,1H3,(H,18,23). The highest BCUT2D eigenvalue weighted by Gasteiger charge is 2.14. The Morgan fingerprint density at radius 3 is 3.00 bits per heavy atom. The summed E-state index contributed by atoms with van der Waals surface area (Å²) in [5.74, 6) is -0.302. The molecule has 7 nitrogen and oxygen atoms in total. The van der Waals surface area contributed by atoms with Crippen LogP contribution in [0.3, 0.4) is 0 Å². The Morgan fingerprint density at radius 2 is 2.29 bits per heavy atom. The molecule has 0 saturated carbocycles. The van der Waals surface area contributed by atoms with Crippen LogP contribution in [-0.2, 0) is 24.8 Å². The van der Waals surface area contributed by atoms with Gasteiger partial charge in [0.15, 0.2) is 0 Å². The fraction of sp³-hybridized carbons (Fsp3) is 0.200. The van der Waals surface area contributed by atoms with Crippen molar-refractivity contribution in [2.45, 2.75) is 13.0 Å². The molecule has 0 unspecified atom stereocenters. The van der Waals surface area contributed by atoms with Crippen molar-refractivity contribution in [2.24, 2.45) is 7.05 Å². The van der Waals surface area contributed by atoms with Gasteiger partial charge in [0.2, 0.25) is 17.6 Å². The number of nitrogens with zero attached hydrogens (tertiary/aromatic N) is 4. The number of benzene rings is 1. The van der Waals surface area contributed by atoms with Crippen LogP contribution in [0.25, 0.3) is 11.4 Å². The molecule has 1 amide bonds. The summed E-state index contributed by atoms with van der Waals surface area (Å²) in [6.07, 6.45) is 3.18. The second kappa shape index (κ2) is 6.79. The molecule has 3 rings (SSSR count). The maximum absolute atomic E-state index is 13.7. The summed E-state index contributed by atoms with van der Waals surface area (Å²) in [4.78, 5) is 16.1. The zero-order valence-corrected chi connectivity index (χ0v) is 13.4. The molecule has 0 aliphatic carbocycles. The number of aryl methyl sites for hydroxylation is 1. The van der Waals surface area contributed by atoms with Crippen molar-refractivity contribution in [1.82, 2.24) is 25.2 Å². The molecule has 0 atom stereocenters. The number of halogens is 2. The lowest BCUT2D eigenvalue weighted by atomic mass is 10.1. The van der Waals surface area contributed by atoms with Gasteiger partial charge in [0, 0.05) is 23.8 Å². The Balaban J connectivity index is 1.60. The first-order valence-electron chi connectivity index (χ1n) is 7.04. The van der Waals surface area contributed by atoms with Crippen molar-refractivity contribution in [3.8, 4) is 11.4 Å². The number of carbonyl (C=O) groups excluding carboxylic acids is 1. The lowest BCUT2D eigenvalue weighted by molar-refractivity contribution is -0.120. The Kier molecular flexibility index (Phi) is 4.57. The van der Waals surface area contributed by atoms with Gasteiger partial charge >= 0.3 is 0 Å². The first kappa shape index (κ1) is 16.1. The molecule has 2 heterocycles. The third-order valence-corrected chi connectivity index (χ3v) is 3.62. The molecule has 0 aliphatic rings. The second-order valence-electron chi connectivity index (χ2n) is 5.07. The van der Waals surface area contributed by atoms with Crippen molar-refractivity contribution in [2.75, 3.05) is 0 Å². The highest BCUT2D eigenvalue weighted by atomic mass is 35.5. The fourth-order valence-electron chi connectivity index (χ4n) is 2.08. The van der Waals surface area contributed by atoms with E-state index in [0.717, 1.165) is 0 Å². The van der Waals surface area contributed by atoms with Gasteiger partial charge < -0.3 is 9.84 Å². The highest BCUT2D eigenvalue weighted by molar-refractivity contribution is 6.31. The van der Waals surface area contributed by atoms with Gasteiger partial charge in [0.1, 0.15) is 5.82 Å². The number of amides is 1. The predicted octanol–water partition coefficient (Wildman–Crippen LogP) is 2.12. The Bertz CT molecular complexity index is 856. The average Bonchev–Trinajstić information content (AvgIpc) is 3.18. The van der Waals surface area contributed by atoms with E-state index in [2.05, 4.69) is 20.6 Å². The minimum absolute atomic E-state index is 0.0398. The topological polar surface area (TPSA) is 85.8 Å². The lowest BCUT2D eigenvalue weighted by Crippen LogP contribution is -2.25. The molecule has 0 bridgehead atoms. The largest absolute Gasteiger partial charge is 0.347 e. The van der Waals surface area contributed by atoms with Crippen LogP contribution >= 0.6 is 11.6 Å². The molecule has 124 valence electrons. The van der Waals surface area contributed by atoms with Crippen molar-refractivity contribution in [1.29, 1.82) is 0 Å². The first-order chi connectivity index (χ1) is 11.5. The van der Waals surface area contributed by atoms with Gasteiger partial charge in [0.25, 0.3) is 0 Å². The lowest BCUT2D eigenvalue weighted by Gasteiger charge is -2.05. The van der Waals surface area contributed by atoms with E-state index >= 15 is 0 Å². The third-order valence-electron chi connectivity index (χ3n) is 3.27. The zero-order chi connectivity index (χ0) is 17.1. The zero-order valence-electron chi connectivity index (χ0n) is 12.7. The van der Waals surface area contributed by atoms with Crippen molar-refractivity contribution >= 4 is 17.5 Å². The van der Waals surface area contributed by atoms with E-state index in [0.29, 0.717) is 11.4 Å². The van der Waals surface area contributed by atoms with E-state index in [4.69, 9.17) is 16.1 Å². The normalized spacial score (nSPS) is 10.8. The van der Waals surface area contributed by atoms with Gasteiger partial charge in [-0.25, -0.2) is 4.39 Å². The number of hydrogen-bond donors (Lipinski definition) is 1. The quantitative estimate of drug-likeness (QED) is 0.762. The van der Waals surface area contributed by atoms with Gasteiger partial charge in [-0.3, -0.25) is 9.48 Å². The Morgan fingerprint density at radius 1 is 1.46 bits per heavy atom. The van der Waals surface area contributed by atoms with E-state index in [1.807, 2.05) is 0 Å². The molecule has 1 aromatic carbocycles. The minimum atomic E-state index is -0.519. The molecular formula is C15H13ClFN5O2. The van der Waals surface area contributed by atoms with Crippen LogP contribution in [0.1, 0.15) is 11.5 Å². The Hall–Kier alpha value is -2.74. The number of aromatic nitrogens is 4. The molecule has 24 heavy (non-hydrogen) atoms. The van der Waals surface area contributed by atoms with E-state index in [-0.39, 0.29) is 29.4 Å². The summed E-state index contributed by atoms with van der Waals surface area (Å²) < 4.78 is 20.3. The molecule has 0 fully saturated rings. The van der Waals surface area contributed by atoms with E-state index in [9.17, 15) is 9.18 Å². The van der Waals surface area contributed by atoms with E-state index in [1.165, 1.54) is 18.2 Å². The van der Waals surface area contributed by atoms with E-state index < -0.39 is 11.7 Å². The van der Waals surface area contributed by atoms with E-state index in [1.54, 1.807) is 24.1 Å². The molecule has 9 heteroatoms. The Labute approximate surface area is 141 Å². The smallest absolute Gasteiger partial charge is 0.246 e. The second-order valence-corrected chi connectivity index (χ2v) is 5.48. The van der Waals surface area contributed by atoms with Crippen molar-refractivity contribution in [3.63, 3.8) is 0 Å². The first-order valence-corrected chi connectivity index (χ1v) is 7.42. The minimum Gasteiger partial charge on any atom is -0.347 e. The number of carbonyl (C=O) groups is 1. The van der Waals surface area contributed by atoms with Crippen molar-refractivity contribution < 1.29 is 13.7 Å². The van der Waals surface area contributed by atoms with Crippen LogP contribution in [0.2, 0.25) is 5.02 Å².